The molecule has 0 saturated carbocycles. The lowest BCUT2D eigenvalue weighted by atomic mass is 9.98. The summed E-state index contributed by atoms with van der Waals surface area (Å²) in [5, 5.41) is 15.1. The third-order valence-electron chi connectivity index (χ3n) is 7.15. The fraction of sp³-hybridized carbons (Fsp3) is 0.821. The first-order chi connectivity index (χ1) is 18.1. The van der Waals surface area contributed by atoms with Gasteiger partial charge in [-0.05, 0) is 26.2 Å². The quantitative estimate of drug-likeness (QED) is 0.0843. The van der Waals surface area contributed by atoms with Gasteiger partial charge in [0.05, 0.1) is 17.4 Å². The third-order valence-corrected chi connectivity index (χ3v) is 7.15. The second-order valence-electron chi connectivity index (χ2n) is 10.2. The summed E-state index contributed by atoms with van der Waals surface area (Å²) >= 11 is 0. The maximum Gasteiger partial charge on any atom is 0.353 e. The van der Waals surface area contributed by atoms with Crippen LogP contribution in [0, 0.1) is 16.0 Å². The Morgan fingerprint density at radius 3 is 2.16 bits per heavy atom. The molecule has 9 nitrogen and oxygen atoms in total. The van der Waals surface area contributed by atoms with E-state index in [0.717, 1.165) is 25.7 Å². The molecule has 0 radical (unpaired) electrons. The molecule has 210 valence electrons. The van der Waals surface area contributed by atoms with Crippen LogP contribution in [0.1, 0.15) is 117 Å². The molecule has 1 aromatic rings. The number of anilines is 2. The SMILES string of the molecule is CCCCCCCCCCCCCCCCNc1ncnc(N2CCCC(C(=O)OCC)C2)c1[N+](=O)[O-]. The van der Waals surface area contributed by atoms with Gasteiger partial charge in [-0.25, -0.2) is 9.97 Å². The minimum absolute atomic E-state index is 0.114. The number of carbonyl (C=O) groups excluding carboxylic acids is 1. The number of hydrogen-bond acceptors (Lipinski definition) is 8. The predicted octanol–water partition coefficient (Wildman–Crippen LogP) is 7.06. The first-order valence-electron chi connectivity index (χ1n) is 14.7. The summed E-state index contributed by atoms with van der Waals surface area (Å²) in [6.07, 6.45) is 21.0. The molecule has 9 heteroatoms. The molecular formula is C28H49N5O4. The number of piperidine rings is 1. The molecule has 37 heavy (non-hydrogen) atoms. The molecule has 2 rings (SSSR count). The van der Waals surface area contributed by atoms with Crippen LogP contribution in [0.2, 0.25) is 0 Å². The average Bonchev–Trinajstić information content (AvgIpc) is 2.90. The number of aromatic nitrogens is 2. The van der Waals surface area contributed by atoms with Crippen molar-refractivity contribution in [1.82, 2.24) is 9.97 Å². The van der Waals surface area contributed by atoms with Crippen molar-refractivity contribution >= 4 is 23.3 Å². The molecule has 0 spiro atoms. The van der Waals surface area contributed by atoms with Gasteiger partial charge in [0, 0.05) is 19.6 Å². The maximum atomic E-state index is 12.2. The van der Waals surface area contributed by atoms with Crippen LogP contribution in [0.15, 0.2) is 6.33 Å². The van der Waals surface area contributed by atoms with E-state index in [1.807, 2.05) is 4.90 Å². The van der Waals surface area contributed by atoms with E-state index in [4.69, 9.17) is 4.74 Å². The first-order valence-corrected chi connectivity index (χ1v) is 14.7. The lowest BCUT2D eigenvalue weighted by molar-refractivity contribution is -0.383. The normalized spacial score (nSPS) is 15.5. The van der Waals surface area contributed by atoms with Gasteiger partial charge < -0.3 is 15.0 Å². The highest BCUT2D eigenvalue weighted by atomic mass is 16.6. The minimum atomic E-state index is -0.420. The van der Waals surface area contributed by atoms with E-state index >= 15 is 0 Å². The van der Waals surface area contributed by atoms with Gasteiger partial charge in [0.15, 0.2) is 0 Å². The van der Waals surface area contributed by atoms with Crippen LogP contribution in [0.3, 0.4) is 0 Å². The summed E-state index contributed by atoms with van der Waals surface area (Å²) < 4.78 is 5.16. The van der Waals surface area contributed by atoms with Gasteiger partial charge in [0.25, 0.3) is 0 Å². The molecule has 0 bridgehead atoms. The second kappa shape index (κ2) is 18.7. The summed E-state index contributed by atoms with van der Waals surface area (Å²) in [5.74, 6) is -0.0179. The minimum Gasteiger partial charge on any atom is -0.466 e. The summed E-state index contributed by atoms with van der Waals surface area (Å²) in [5.41, 5.74) is -0.114. The van der Waals surface area contributed by atoms with Gasteiger partial charge >= 0.3 is 11.7 Å². The fourth-order valence-corrected chi connectivity index (χ4v) is 5.05. The molecular weight excluding hydrogens is 470 g/mol. The Hall–Kier alpha value is -2.45. The Morgan fingerprint density at radius 1 is 1.00 bits per heavy atom. The zero-order valence-electron chi connectivity index (χ0n) is 23.2. The molecule has 1 aromatic heterocycles. The lowest BCUT2D eigenvalue weighted by Gasteiger charge is -2.32. The zero-order valence-corrected chi connectivity index (χ0v) is 23.2. The number of unbranched alkanes of at least 4 members (excludes halogenated alkanes) is 13. The van der Waals surface area contributed by atoms with Gasteiger partial charge in [-0.3, -0.25) is 14.9 Å². The number of carbonyl (C=O) groups is 1. The van der Waals surface area contributed by atoms with E-state index in [1.165, 1.54) is 83.4 Å². The van der Waals surface area contributed by atoms with Crippen molar-refractivity contribution < 1.29 is 14.5 Å². The molecule has 1 fully saturated rings. The average molecular weight is 520 g/mol. The summed E-state index contributed by atoms with van der Waals surface area (Å²) in [4.78, 5) is 33.9. The number of nitrogens with one attached hydrogen (secondary N) is 1. The molecule has 1 saturated heterocycles. The van der Waals surface area contributed by atoms with E-state index in [0.29, 0.717) is 26.2 Å². The van der Waals surface area contributed by atoms with E-state index < -0.39 is 4.92 Å². The molecule has 2 heterocycles. The number of esters is 1. The molecule has 1 atom stereocenters. The van der Waals surface area contributed by atoms with Crippen molar-refractivity contribution in [2.45, 2.75) is 117 Å². The predicted molar refractivity (Wildman–Crippen MR) is 149 cm³/mol. The van der Waals surface area contributed by atoms with E-state index in [9.17, 15) is 14.9 Å². The topological polar surface area (TPSA) is 110 Å². The van der Waals surface area contributed by atoms with Crippen LogP contribution in [0.25, 0.3) is 0 Å². The van der Waals surface area contributed by atoms with Crippen LogP contribution in [-0.2, 0) is 9.53 Å². The van der Waals surface area contributed by atoms with Crippen LogP contribution in [0.4, 0.5) is 17.3 Å². The summed E-state index contributed by atoms with van der Waals surface area (Å²) in [6, 6.07) is 0. The van der Waals surface area contributed by atoms with Crippen molar-refractivity contribution in [3.05, 3.63) is 16.4 Å². The molecule has 1 N–H and O–H groups in total. The van der Waals surface area contributed by atoms with Gasteiger partial charge in [-0.1, -0.05) is 90.4 Å². The highest BCUT2D eigenvalue weighted by Crippen LogP contribution is 2.34. The molecule has 0 aromatic carbocycles. The zero-order chi connectivity index (χ0) is 26.7. The smallest absolute Gasteiger partial charge is 0.353 e. The Labute approximate surface area is 223 Å². The van der Waals surface area contributed by atoms with Gasteiger partial charge in [-0.2, -0.15) is 0 Å². The van der Waals surface area contributed by atoms with Crippen molar-refractivity contribution in [2.24, 2.45) is 5.92 Å². The van der Waals surface area contributed by atoms with Crippen molar-refractivity contribution in [1.29, 1.82) is 0 Å². The van der Waals surface area contributed by atoms with Crippen molar-refractivity contribution in [2.75, 3.05) is 36.5 Å². The van der Waals surface area contributed by atoms with Crippen molar-refractivity contribution in [3.8, 4) is 0 Å². The third kappa shape index (κ3) is 11.6. The van der Waals surface area contributed by atoms with Crippen LogP contribution >= 0.6 is 0 Å². The van der Waals surface area contributed by atoms with Gasteiger partial charge in [-0.15, -0.1) is 0 Å². The van der Waals surface area contributed by atoms with Crippen LogP contribution < -0.4 is 10.2 Å². The fourth-order valence-electron chi connectivity index (χ4n) is 5.05. The molecule has 1 unspecified atom stereocenters. The Balaban J connectivity index is 1.68. The molecule has 0 amide bonds. The monoisotopic (exact) mass is 519 g/mol. The number of nitrogens with zero attached hydrogens (tertiary/aromatic N) is 4. The largest absolute Gasteiger partial charge is 0.466 e. The Bertz CT molecular complexity index is 792. The van der Waals surface area contributed by atoms with Crippen LogP contribution in [-0.4, -0.2) is 47.1 Å². The second-order valence-corrected chi connectivity index (χ2v) is 10.2. The molecule has 0 aliphatic carbocycles. The van der Waals surface area contributed by atoms with Crippen LogP contribution in [0.5, 0.6) is 0 Å². The van der Waals surface area contributed by atoms with E-state index in [-0.39, 0.29) is 29.2 Å². The number of rotatable bonds is 20. The maximum absolute atomic E-state index is 12.2. The van der Waals surface area contributed by atoms with E-state index in [2.05, 4.69) is 22.2 Å². The number of hydrogen-bond donors (Lipinski definition) is 1. The van der Waals surface area contributed by atoms with Gasteiger partial charge in [0.2, 0.25) is 11.6 Å². The standard InChI is InChI=1S/C28H49N5O4/c1-3-5-6-7-8-9-10-11-12-13-14-15-16-17-20-29-26-25(33(35)36)27(31-23-30-26)32-21-18-19-24(22-32)28(34)37-4-2/h23-24H,3-22H2,1-2H3,(H,29,30,31). The molecule has 1 aliphatic rings. The number of nitro groups is 1. The summed E-state index contributed by atoms with van der Waals surface area (Å²) in [6.45, 7) is 6.00. The van der Waals surface area contributed by atoms with Gasteiger partial charge in [0.1, 0.15) is 6.33 Å². The molecule has 1 aliphatic heterocycles. The van der Waals surface area contributed by atoms with Crippen molar-refractivity contribution in [3.63, 3.8) is 0 Å². The highest BCUT2D eigenvalue weighted by Gasteiger charge is 2.33. The Kier molecular flexibility index (Phi) is 15.6. The van der Waals surface area contributed by atoms with E-state index in [1.54, 1.807) is 6.92 Å². The first kappa shape index (κ1) is 30.8. The Morgan fingerprint density at radius 2 is 1.59 bits per heavy atom. The summed E-state index contributed by atoms with van der Waals surface area (Å²) in [7, 11) is 0. The highest BCUT2D eigenvalue weighted by molar-refractivity contribution is 5.75. The lowest BCUT2D eigenvalue weighted by Crippen LogP contribution is -2.40. The number of ether oxygens (including phenoxy) is 1.